The number of rotatable bonds is 3. The summed E-state index contributed by atoms with van der Waals surface area (Å²) >= 11 is 7.57. The minimum atomic E-state index is -0.214. The van der Waals surface area contributed by atoms with Crippen LogP contribution in [0.15, 0.2) is 59.4 Å². The predicted molar refractivity (Wildman–Crippen MR) is 127 cm³/mol. The fourth-order valence-corrected chi connectivity index (χ4v) is 4.84. The first-order chi connectivity index (χ1) is 15.5. The van der Waals surface area contributed by atoms with Crippen LogP contribution in [0.3, 0.4) is 0 Å². The van der Waals surface area contributed by atoms with Crippen LogP contribution < -0.4 is 10.5 Å². The topological polar surface area (TPSA) is 70.8 Å². The van der Waals surface area contributed by atoms with Crippen molar-refractivity contribution in [3.05, 3.63) is 81.1 Å². The van der Waals surface area contributed by atoms with E-state index in [2.05, 4.69) is 10.1 Å². The standard InChI is InChI=1S/C23H20ClN5O2S/c1-15-6-8-16(9-7-15)21-26-29-20(30)14-19(25-23(29)32-21)27-10-12-28(13-11-27)22(31)17-4-2-3-5-18(17)24/h2-9,14H,10-13H2,1H3. The van der Waals surface area contributed by atoms with E-state index in [0.717, 1.165) is 10.6 Å². The Hall–Kier alpha value is -3.23. The maximum Gasteiger partial charge on any atom is 0.277 e. The first-order valence-electron chi connectivity index (χ1n) is 10.3. The molecule has 0 bridgehead atoms. The fourth-order valence-electron chi connectivity index (χ4n) is 3.72. The molecule has 1 aliphatic rings. The smallest absolute Gasteiger partial charge is 0.277 e. The Kier molecular flexibility index (Phi) is 5.40. The lowest BCUT2D eigenvalue weighted by atomic mass is 10.2. The molecular weight excluding hydrogens is 446 g/mol. The van der Waals surface area contributed by atoms with Gasteiger partial charge in [-0.15, -0.1) is 0 Å². The molecule has 7 nitrogen and oxygen atoms in total. The Morgan fingerprint density at radius 1 is 1.03 bits per heavy atom. The third-order valence-electron chi connectivity index (χ3n) is 5.53. The Balaban J connectivity index is 1.35. The van der Waals surface area contributed by atoms with Crippen LogP contribution >= 0.6 is 22.9 Å². The van der Waals surface area contributed by atoms with Gasteiger partial charge in [0.05, 0.1) is 10.6 Å². The molecule has 2 aromatic carbocycles. The van der Waals surface area contributed by atoms with Crippen molar-refractivity contribution in [2.45, 2.75) is 6.92 Å². The average Bonchev–Trinajstić information content (AvgIpc) is 3.24. The summed E-state index contributed by atoms with van der Waals surface area (Å²) in [6.07, 6.45) is 0. The lowest BCUT2D eigenvalue weighted by Crippen LogP contribution is -2.49. The molecule has 162 valence electrons. The SMILES string of the molecule is Cc1ccc(-c2nn3c(=O)cc(N4CCN(C(=O)c5ccccc5Cl)CC4)nc3s2)cc1. The highest BCUT2D eigenvalue weighted by Crippen LogP contribution is 2.26. The van der Waals surface area contributed by atoms with Crippen LogP contribution in [-0.4, -0.2) is 51.6 Å². The van der Waals surface area contributed by atoms with Crippen LogP contribution in [0, 0.1) is 6.92 Å². The number of piperazine rings is 1. The van der Waals surface area contributed by atoms with Crippen LogP contribution in [-0.2, 0) is 0 Å². The van der Waals surface area contributed by atoms with E-state index >= 15 is 0 Å². The van der Waals surface area contributed by atoms with Crippen molar-refractivity contribution in [1.82, 2.24) is 19.5 Å². The van der Waals surface area contributed by atoms with E-state index in [1.807, 2.05) is 42.2 Å². The maximum absolute atomic E-state index is 12.8. The Morgan fingerprint density at radius 3 is 2.47 bits per heavy atom. The highest BCUT2D eigenvalue weighted by Gasteiger charge is 2.25. The highest BCUT2D eigenvalue weighted by molar-refractivity contribution is 7.19. The van der Waals surface area contributed by atoms with Gasteiger partial charge in [0.2, 0.25) is 4.96 Å². The number of carbonyl (C=O) groups is 1. The van der Waals surface area contributed by atoms with Gasteiger partial charge < -0.3 is 9.80 Å². The number of aryl methyl sites for hydroxylation is 1. The molecule has 0 atom stereocenters. The summed E-state index contributed by atoms with van der Waals surface area (Å²) in [5.74, 6) is 0.530. The van der Waals surface area contributed by atoms with Crippen LogP contribution in [0.1, 0.15) is 15.9 Å². The van der Waals surface area contributed by atoms with E-state index in [0.29, 0.717) is 47.5 Å². The van der Waals surface area contributed by atoms with Crippen molar-refractivity contribution in [2.24, 2.45) is 0 Å². The Morgan fingerprint density at radius 2 is 1.75 bits per heavy atom. The van der Waals surface area contributed by atoms with Crippen LogP contribution in [0.2, 0.25) is 5.02 Å². The summed E-state index contributed by atoms with van der Waals surface area (Å²) in [5.41, 5.74) is 2.42. The zero-order chi connectivity index (χ0) is 22.2. The van der Waals surface area contributed by atoms with Crippen LogP contribution in [0.25, 0.3) is 15.5 Å². The second kappa shape index (κ2) is 8.37. The molecule has 32 heavy (non-hydrogen) atoms. The number of nitrogens with zero attached hydrogens (tertiary/aromatic N) is 5. The second-order valence-electron chi connectivity index (χ2n) is 7.68. The molecule has 2 aromatic heterocycles. The van der Waals surface area contributed by atoms with Gasteiger partial charge in [0.25, 0.3) is 11.5 Å². The number of fused-ring (bicyclic) bond motifs is 1. The van der Waals surface area contributed by atoms with Gasteiger partial charge in [0.15, 0.2) is 0 Å². The molecule has 0 N–H and O–H groups in total. The van der Waals surface area contributed by atoms with Crippen molar-refractivity contribution in [3.8, 4) is 10.6 Å². The molecule has 1 saturated heterocycles. The van der Waals surface area contributed by atoms with Crippen LogP contribution in [0.4, 0.5) is 5.82 Å². The summed E-state index contributed by atoms with van der Waals surface area (Å²) < 4.78 is 1.35. The van der Waals surface area contributed by atoms with Gasteiger partial charge in [-0.2, -0.15) is 9.61 Å². The van der Waals surface area contributed by atoms with Gasteiger partial charge in [0.1, 0.15) is 10.8 Å². The minimum Gasteiger partial charge on any atom is -0.353 e. The second-order valence-corrected chi connectivity index (χ2v) is 9.04. The van der Waals surface area contributed by atoms with E-state index in [1.54, 1.807) is 23.1 Å². The third-order valence-corrected chi connectivity index (χ3v) is 6.81. The first-order valence-corrected chi connectivity index (χ1v) is 11.5. The van der Waals surface area contributed by atoms with Gasteiger partial charge >= 0.3 is 0 Å². The van der Waals surface area contributed by atoms with E-state index in [-0.39, 0.29) is 11.5 Å². The fraction of sp³-hybridized carbons (Fsp3) is 0.217. The zero-order valence-corrected chi connectivity index (χ0v) is 18.9. The van der Waals surface area contributed by atoms with Gasteiger partial charge in [-0.25, -0.2) is 4.98 Å². The number of benzene rings is 2. The molecule has 9 heteroatoms. The maximum atomic E-state index is 12.8. The molecule has 1 fully saturated rings. The minimum absolute atomic E-state index is 0.0797. The summed E-state index contributed by atoms with van der Waals surface area (Å²) in [6, 6.07) is 16.6. The molecule has 0 radical (unpaired) electrons. The largest absolute Gasteiger partial charge is 0.353 e. The summed E-state index contributed by atoms with van der Waals surface area (Å²) in [7, 11) is 0. The van der Waals surface area contributed by atoms with Crippen molar-refractivity contribution in [1.29, 1.82) is 0 Å². The number of halogens is 1. The first kappa shape index (κ1) is 20.7. The number of anilines is 1. The van der Waals surface area contributed by atoms with Gasteiger partial charge in [-0.3, -0.25) is 9.59 Å². The molecule has 4 aromatic rings. The molecule has 5 rings (SSSR count). The lowest BCUT2D eigenvalue weighted by Gasteiger charge is -2.35. The number of aromatic nitrogens is 3. The van der Waals surface area contributed by atoms with E-state index in [9.17, 15) is 9.59 Å². The third kappa shape index (κ3) is 3.87. The molecule has 1 amide bonds. The molecule has 3 heterocycles. The molecular formula is C23H20ClN5O2S. The van der Waals surface area contributed by atoms with Crippen molar-refractivity contribution in [3.63, 3.8) is 0 Å². The number of amides is 1. The van der Waals surface area contributed by atoms with Gasteiger partial charge in [-0.05, 0) is 19.1 Å². The predicted octanol–water partition coefficient (Wildman–Crippen LogP) is 3.74. The monoisotopic (exact) mass is 465 g/mol. The van der Waals surface area contributed by atoms with Crippen LogP contribution in [0.5, 0.6) is 0 Å². The summed E-state index contributed by atoms with van der Waals surface area (Å²) in [5, 5.41) is 5.66. The lowest BCUT2D eigenvalue weighted by molar-refractivity contribution is 0.0746. The number of hydrogen-bond donors (Lipinski definition) is 0. The van der Waals surface area contributed by atoms with Gasteiger partial charge in [0, 0.05) is 37.8 Å². The van der Waals surface area contributed by atoms with Crippen molar-refractivity contribution < 1.29 is 4.79 Å². The Bertz CT molecular complexity index is 1360. The van der Waals surface area contributed by atoms with Gasteiger partial charge in [-0.1, -0.05) is 64.9 Å². The van der Waals surface area contributed by atoms with Crippen molar-refractivity contribution >= 4 is 39.6 Å². The highest BCUT2D eigenvalue weighted by atomic mass is 35.5. The molecule has 0 spiro atoms. The zero-order valence-electron chi connectivity index (χ0n) is 17.4. The normalized spacial score (nSPS) is 14.2. The average molecular weight is 466 g/mol. The summed E-state index contributed by atoms with van der Waals surface area (Å²) in [4.78, 5) is 34.5. The molecule has 0 unspecified atom stereocenters. The quantitative estimate of drug-likeness (QED) is 0.461. The van der Waals surface area contributed by atoms with E-state index in [1.165, 1.54) is 27.5 Å². The van der Waals surface area contributed by atoms with Crippen molar-refractivity contribution in [2.75, 3.05) is 31.1 Å². The van der Waals surface area contributed by atoms with E-state index in [4.69, 9.17) is 11.6 Å². The molecule has 0 aliphatic carbocycles. The van der Waals surface area contributed by atoms with E-state index < -0.39 is 0 Å². The Labute approximate surface area is 193 Å². The summed E-state index contributed by atoms with van der Waals surface area (Å²) in [6.45, 7) is 4.26. The number of carbonyl (C=O) groups excluding carboxylic acids is 1. The number of hydrogen-bond acceptors (Lipinski definition) is 6. The molecule has 0 saturated carbocycles. The molecule has 1 aliphatic heterocycles.